The summed E-state index contributed by atoms with van der Waals surface area (Å²) in [5.74, 6) is 0. The van der Waals surface area contributed by atoms with Crippen LogP contribution in [0.2, 0.25) is 0 Å². The second kappa shape index (κ2) is 6.68. The highest BCUT2D eigenvalue weighted by Gasteiger charge is 2.29. The van der Waals surface area contributed by atoms with E-state index in [1.165, 1.54) is 54.2 Å². The molecule has 0 aliphatic heterocycles. The van der Waals surface area contributed by atoms with Gasteiger partial charge in [0.15, 0.2) is 0 Å². The van der Waals surface area contributed by atoms with Gasteiger partial charge in [-0.05, 0) is 72.4 Å². The first kappa shape index (κ1) is 18.2. The molecular formula is C31H24. The maximum absolute atomic E-state index is 2.38. The Morgan fingerprint density at radius 3 is 1.52 bits per heavy atom. The van der Waals surface area contributed by atoms with E-state index in [4.69, 9.17) is 0 Å². The van der Waals surface area contributed by atoms with Crippen molar-refractivity contribution in [3.8, 4) is 0 Å². The zero-order valence-corrected chi connectivity index (χ0v) is 17.9. The molecule has 0 aliphatic rings. The molecular weight excluding hydrogens is 372 g/mol. The lowest BCUT2D eigenvalue weighted by molar-refractivity contribution is 0.659. The van der Waals surface area contributed by atoms with E-state index in [-0.39, 0.29) is 5.41 Å². The highest BCUT2D eigenvalue weighted by atomic mass is 14.3. The standard InChI is InChI=1S/C31H24/c1-31(2,29-17-9-14-25-18-21-10-3-4-11-22(21)20-28(25)29)30-26-15-7-5-12-23(26)19-24-13-6-8-16-27(24)30/h3-20H,1-2H3. The van der Waals surface area contributed by atoms with Gasteiger partial charge in [-0.15, -0.1) is 0 Å². The summed E-state index contributed by atoms with van der Waals surface area (Å²) in [4.78, 5) is 0. The molecule has 0 radical (unpaired) electrons. The summed E-state index contributed by atoms with van der Waals surface area (Å²) in [6.07, 6.45) is 0. The van der Waals surface area contributed by atoms with Gasteiger partial charge in [-0.25, -0.2) is 0 Å². The molecule has 0 nitrogen and oxygen atoms in total. The Morgan fingerprint density at radius 1 is 0.419 bits per heavy atom. The molecule has 6 aromatic carbocycles. The van der Waals surface area contributed by atoms with Crippen molar-refractivity contribution >= 4 is 43.1 Å². The van der Waals surface area contributed by atoms with Gasteiger partial charge in [0.2, 0.25) is 0 Å². The molecule has 0 atom stereocenters. The molecule has 0 unspecified atom stereocenters. The van der Waals surface area contributed by atoms with Crippen LogP contribution in [0.25, 0.3) is 43.1 Å². The van der Waals surface area contributed by atoms with Crippen LogP contribution in [0.1, 0.15) is 25.0 Å². The first-order valence-corrected chi connectivity index (χ1v) is 11.0. The van der Waals surface area contributed by atoms with E-state index in [1.807, 2.05) is 0 Å². The van der Waals surface area contributed by atoms with E-state index < -0.39 is 0 Å². The third-order valence-electron chi connectivity index (χ3n) is 6.82. The van der Waals surface area contributed by atoms with E-state index in [2.05, 4.69) is 123 Å². The van der Waals surface area contributed by atoms with Gasteiger partial charge in [0.25, 0.3) is 0 Å². The average molecular weight is 397 g/mol. The lowest BCUT2D eigenvalue weighted by atomic mass is 9.72. The first-order chi connectivity index (χ1) is 15.1. The predicted octanol–water partition coefficient (Wildman–Crippen LogP) is 8.63. The van der Waals surface area contributed by atoms with Gasteiger partial charge >= 0.3 is 0 Å². The van der Waals surface area contributed by atoms with Crippen LogP contribution >= 0.6 is 0 Å². The summed E-state index contributed by atoms with van der Waals surface area (Å²) >= 11 is 0. The number of rotatable bonds is 2. The van der Waals surface area contributed by atoms with Crippen molar-refractivity contribution in [1.82, 2.24) is 0 Å². The van der Waals surface area contributed by atoms with E-state index >= 15 is 0 Å². The van der Waals surface area contributed by atoms with Gasteiger partial charge in [0.1, 0.15) is 0 Å². The summed E-state index contributed by atoms with van der Waals surface area (Å²) in [5, 5.41) is 10.5. The minimum absolute atomic E-state index is 0.164. The van der Waals surface area contributed by atoms with Crippen molar-refractivity contribution in [2.75, 3.05) is 0 Å². The van der Waals surface area contributed by atoms with Gasteiger partial charge in [-0.1, -0.05) is 105 Å². The van der Waals surface area contributed by atoms with Gasteiger partial charge < -0.3 is 0 Å². The molecule has 0 amide bonds. The second-order valence-electron chi connectivity index (χ2n) is 9.04. The van der Waals surface area contributed by atoms with Crippen molar-refractivity contribution in [1.29, 1.82) is 0 Å². The Hall–Kier alpha value is -3.64. The quantitative estimate of drug-likeness (QED) is 0.257. The predicted molar refractivity (Wildman–Crippen MR) is 135 cm³/mol. The van der Waals surface area contributed by atoms with E-state index in [9.17, 15) is 0 Å². The molecule has 148 valence electrons. The summed E-state index contributed by atoms with van der Waals surface area (Å²) in [6, 6.07) is 40.0. The van der Waals surface area contributed by atoms with E-state index in [1.54, 1.807) is 0 Å². The zero-order valence-electron chi connectivity index (χ0n) is 17.9. The third kappa shape index (κ3) is 2.75. The third-order valence-corrected chi connectivity index (χ3v) is 6.82. The largest absolute Gasteiger partial charge is 0.0616 e. The van der Waals surface area contributed by atoms with Gasteiger partial charge in [0.05, 0.1) is 0 Å². The Morgan fingerprint density at radius 2 is 0.871 bits per heavy atom. The van der Waals surface area contributed by atoms with Crippen LogP contribution in [0.5, 0.6) is 0 Å². The SMILES string of the molecule is CC(C)(c1cccc2cc3ccccc3cc12)c1c2ccccc2cc2ccccc12. The van der Waals surface area contributed by atoms with Crippen molar-refractivity contribution in [2.24, 2.45) is 0 Å². The summed E-state index contributed by atoms with van der Waals surface area (Å²) in [5.41, 5.74) is 2.61. The number of benzene rings is 6. The number of hydrogen-bond acceptors (Lipinski definition) is 0. The molecule has 0 N–H and O–H groups in total. The molecule has 6 rings (SSSR count). The van der Waals surface area contributed by atoms with Gasteiger partial charge in [-0.3, -0.25) is 0 Å². The van der Waals surface area contributed by atoms with E-state index in [0.29, 0.717) is 0 Å². The molecule has 0 spiro atoms. The normalized spacial score (nSPS) is 12.2. The van der Waals surface area contributed by atoms with Crippen LogP contribution in [-0.2, 0) is 5.41 Å². The minimum atomic E-state index is -0.164. The number of fused-ring (bicyclic) bond motifs is 4. The minimum Gasteiger partial charge on any atom is -0.0616 e. The molecule has 0 saturated heterocycles. The fraction of sp³-hybridized carbons (Fsp3) is 0.0968. The van der Waals surface area contributed by atoms with Crippen molar-refractivity contribution in [3.05, 3.63) is 120 Å². The van der Waals surface area contributed by atoms with Gasteiger partial charge in [-0.2, -0.15) is 0 Å². The summed E-state index contributed by atoms with van der Waals surface area (Å²) in [6.45, 7) is 4.76. The number of hydrogen-bond donors (Lipinski definition) is 0. The van der Waals surface area contributed by atoms with Crippen molar-refractivity contribution in [3.63, 3.8) is 0 Å². The molecule has 0 aliphatic carbocycles. The van der Waals surface area contributed by atoms with Crippen LogP contribution in [0, 0.1) is 0 Å². The lowest BCUT2D eigenvalue weighted by Crippen LogP contribution is -2.20. The summed E-state index contributed by atoms with van der Waals surface area (Å²) in [7, 11) is 0. The maximum Gasteiger partial charge on any atom is 0.0165 e. The first-order valence-electron chi connectivity index (χ1n) is 11.0. The fourth-order valence-electron chi connectivity index (χ4n) is 5.33. The maximum atomic E-state index is 2.38. The van der Waals surface area contributed by atoms with Crippen molar-refractivity contribution in [2.45, 2.75) is 19.3 Å². The topological polar surface area (TPSA) is 0 Å². The molecule has 0 heterocycles. The molecule has 0 fully saturated rings. The average Bonchev–Trinajstić information content (AvgIpc) is 2.80. The lowest BCUT2D eigenvalue weighted by Gasteiger charge is -2.31. The Bertz CT molecular complexity index is 1550. The Labute approximate surface area is 182 Å². The Kier molecular flexibility index (Phi) is 3.91. The molecule has 31 heavy (non-hydrogen) atoms. The molecule has 0 bridgehead atoms. The van der Waals surface area contributed by atoms with Gasteiger partial charge in [0, 0.05) is 5.41 Å². The summed E-state index contributed by atoms with van der Waals surface area (Å²) < 4.78 is 0. The van der Waals surface area contributed by atoms with Crippen molar-refractivity contribution < 1.29 is 0 Å². The van der Waals surface area contributed by atoms with Crippen LogP contribution in [-0.4, -0.2) is 0 Å². The monoisotopic (exact) mass is 396 g/mol. The molecule has 0 aromatic heterocycles. The molecule has 6 aromatic rings. The van der Waals surface area contributed by atoms with Crippen LogP contribution in [0.4, 0.5) is 0 Å². The molecule has 0 saturated carbocycles. The smallest absolute Gasteiger partial charge is 0.0165 e. The second-order valence-corrected chi connectivity index (χ2v) is 9.04. The fourth-order valence-corrected chi connectivity index (χ4v) is 5.33. The van der Waals surface area contributed by atoms with Crippen LogP contribution in [0.3, 0.4) is 0 Å². The van der Waals surface area contributed by atoms with E-state index in [0.717, 1.165) is 0 Å². The van der Waals surface area contributed by atoms with Crippen LogP contribution in [0.15, 0.2) is 109 Å². The van der Waals surface area contributed by atoms with Crippen LogP contribution < -0.4 is 0 Å². The zero-order chi connectivity index (χ0) is 21.0. The highest BCUT2D eigenvalue weighted by Crippen LogP contribution is 2.43. The Balaban J connectivity index is 1.73. The molecule has 0 heteroatoms. The highest BCUT2D eigenvalue weighted by molar-refractivity contribution is 6.05.